The van der Waals surface area contributed by atoms with E-state index in [2.05, 4.69) is 37.3 Å². The molecule has 1 atom stereocenters. The molecule has 0 N–H and O–H groups in total. The number of nitrogens with zero attached hydrogens (tertiary/aromatic N) is 2. The molecule has 1 fully saturated rings. The maximum absolute atomic E-state index is 13.2. The summed E-state index contributed by atoms with van der Waals surface area (Å²) < 4.78 is 21.2. The number of likely N-dealkylation sites (N-methyl/N-ethyl adjacent to an activating group) is 1. The van der Waals surface area contributed by atoms with E-state index in [1.54, 1.807) is 0 Å². The Bertz CT molecular complexity index is 318. The van der Waals surface area contributed by atoms with Crippen LogP contribution < -0.4 is 0 Å². The molecule has 1 saturated heterocycles. The molecule has 0 amide bonds. The summed E-state index contributed by atoms with van der Waals surface area (Å²) in [6, 6.07) is 0. The van der Waals surface area contributed by atoms with Crippen LogP contribution in [0, 0.1) is 5.41 Å². The summed E-state index contributed by atoms with van der Waals surface area (Å²) in [6.45, 7) is 17.9. The molecule has 0 radical (unpaired) electrons. The minimum absolute atomic E-state index is 0.0514. The van der Waals surface area contributed by atoms with E-state index in [1.807, 2.05) is 13.8 Å². The molecule has 4 nitrogen and oxygen atoms in total. The van der Waals surface area contributed by atoms with Crippen molar-refractivity contribution in [1.82, 2.24) is 9.57 Å². The van der Waals surface area contributed by atoms with E-state index in [0.717, 1.165) is 32.7 Å². The zero-order valence-corrected chi connectivity index (χ0v) is 14.4. The van der Waals surface area contributed by atoms with E-state index >= 15 is 0 Å². The average molecular weight is 290 g/mol. The van der Waals surface area contributed by atoms with Crippen molar-refractivity contribution in [3.63, 3.8) is 0 Å². The Hall–Kier alpha value is 0.110. The molecule has 0 aromatic heterocycles. The molecule has 0 aromatic carbocycles. The van der Waals surface area contributed by atoms with Crippen LogP contribution in [0.4, 0.5) is 0 Å². The van der Waals surface area contributed by atoms with Gasteiger partial charge in [0.25, 0.3) is 7.52 Å². The van der Waals surface area contributed by atoms with E-state index in [9.17, 15) is 4.57 Å². The summed E-state index contributed by atoms with van der Waals surface area (Å²) >= 11 is 0. The molecule has 5 heteroatoms. The molecule has 0 aliphatic carbocycles. The maximum Gasteiger partial charge on any atom is 0.274 e. The molecule has 1 rings (SSSR count). The second-order valence-corrected chi connectivity index (χ2v) is 9.86. The predicted molar refractivity (Wildman–Crippen MR) is 81.8 cm³/mol. The Labute approximate surface area is 119 Å². The van der Waals surface area contributed by atoms with Gasteiger partial charge in [0.05, 0.1) is 6.61 Å². The van der Waals surface area contributed by atoms with Crippen LogP contribution in [0.1, 0.15) is 41.5 Å². The minimum Gasteiger partial charge on any atom is -0.317 e. The lowest BCUT2D eigenvalue weighted by atomic mass is 9.99. The Morgan fingerprint density at radius 3 is 2.05 bits per heavy atom. The molecule has 1 unspecified atom stereocenters. The van der Waals surface area contributed by atoms with Crippen molar-refractivity contribution in [2.75, 3.05) is 39.3 Å². The van der Waals surface area contributed by atoms with E-state index in [4.69, 9.17) is 4.52 Å². The van der Waals surface area contributed by atoms with Gasteiger partial charge in [0.2, 0.25) is 0 Å². The predicted octanol–water partition coefficient (Wildman–Crippen LogP) is 3.29. The van der Waals surface area contributed by atoms with E-state index in [-0.39, 0.29) is 11.1 Å². The highest BCUT2D eigenvalue weighted by Gasteiger charge is 2.37. The molecule has 19 heavy (non-hydrogen) atoms. The first-order valence-corrected chi connectivity index (χ1v) is 9.06. The SMILES string of the molecule is CCN1CCN(P(=O)(OCC(C)(C)C)C(C)C)CC1. The van der Waals surface area contributed by atoms with Crippen LogP contribution in [0.2, 0.25) is 0 Å². The fourth-order valence-electron chi connectivity index (χ4n) is 2.18. The van der Waals surface area contributed by atoms with Crippen molar-refractivity contribution in [3.8, 4) is 0 Å². The molecule has 0 bridgehead atoms. The fourth-order valence-corrected chi connectivity index (χ4v) is 4.60. The highest BCUT2D eigenvalue weighted by atomic mass is 31.2. The second-order valence-electron chi connectivity index (χ2n) is 6.88. The van der Waals surface area contributed by atoms with Crippen LogP contribution in [-0.4, -0.2) is 54.6 Å². The molecule has 0 aromatic rings. The summed E-state index contributed by atoms with van der Waals surface area (Å²) in [6.07, 6.45) is 0. The largest absolute Gasteiger partial charge is 0.317 e. The van der Waals surface area contributed by atoms with E-state index in [1.165, 1.54) is 0 Å². The van der Waals surface area contributed by atoms with Crippen LogP contribution in [0.3, 0.4) is 0 Å². The monoisotopic (exact) mass is 290 g/mol. The van der Waals surface area contributed by atoms with Gasteiger partial charge in [-0.05, 0) is 12.0 Å². The molecule has 114 valence electrons. The summed E-state index contributed by atoms with van der Waals surface area (Å²) in [5.74, 6) is 0. The van der Waals surface area contributed by atoms with Crippen LogP contribution in [-0.2, 0) is 9.09 Å². The van der Waals surface area contributed by atoms with Gasteiger partial charge in [-0.1, -0.05) is 41.5 Å². The van der Waals surface area contributed by atoms with Crippen LogP contribution >= 0.6 is 7.52 Å². The van der Waals surface area contributed by atoms with Gasteiger partial charge < -0.3 is 9.42 Å². The summed E-state index contributed by atoms with van der Waals surface area (Å²) in [4.78, 5) is 2.39. The Kier molecular flexibility index (Phi) is 6.06. The number of rotatable bonds is 5. The first-order chi connectivity index (χ1) is 8.69. The van der Waals surface area contributed by atoms with Crippen molar-refractivity contribution in [2.24, 2.45) is 5.41 Å². The number of hydrogen-bond donors (Lipinski definition) is 0. The fraction of sp³-hybridized carbons (Fsp3) is 1.00. The summed E-state index contributed by atoms with van der Waals surface area (Å²) in [5.41, 5.74) is 0.110. The molecular formula is C14H31N2O2P. The standard InChI is InChI=1S/C14H31N2O2P/c1-7-15-8-10-16(11-9-15)19(17,13(2)3)18-12-14(4,5)6/h13H,7-12H2,1-6H3. The van der Waals surface area contributed by atoms with Gasteiger partial charge in [-0.2, -0.15) is 0 Å². The van der Waals surface area contributed by atoms with Gasteiger partial charge in [-0.15, -0.1) is 0 Å². The van der Waals surface area contributed by atoms with Gasteiger partial charge in [0.1, 0.15) is 0 Å². The quantitative estimate of drug-likeness (QED) is 0.727. The zero-order valence-electron chi connectivity index (χ0n) is 13.5. The third kappa shape index (κ3) is 4.86. The molecule has 0 saturated carbocycles. The van der Waals surface area contributed by atoms with Gasteiger partial charge in [-0.25, -0.2) is 4.67 Å². The highest BCUT2D eigenvalue weighted by molar-refractivity contribution is 7.57. The number of piperazine rings is 1. The van der Waals surface area contributed by atoms with Crippen LogP contribution in [0.5, 0.6) is 0 Å². The van der Waals surface area contributed by atoms with Gasteiger partial charge >= 0.3 is 0 Å². The van der Waals surface area contributed by atoms with E-state index < -0.39 is 7.52 Å². The Balaban J connectivity index is 2.69. The Morgan fingerprint density at radius 2 is 1.68 bits per heavy atom. The molecule has 1 aliphatic rings. The lowest BCUT2D eigenvalue weighted by Crippen LogP contribution is -2.45. The van der Waals surface area contributed by atoms with Crippen molar-refractivity contribution >= 4 is 7.52 Å². The van der Waals surface area contributed by atoms with Gasteiger partial charge in [-0.3, -0.25) is 4.57 Å². The minimum atomic E-state index is -2.69. The maximum atomic E-state index is 13.2. The lowest BCUT2D eigenvalue weighted by Gasteiger charge is -2.40. The molecule has 1 aliphatic heterocycles. The Morgan fingerprint density at radius 1 is 1.16 bits per heavy atom. The normalized spacial score (nSPS) is 22.7. The third-order valence-corrected chi connectivity index (χ3v) is 6.52. The first-order valence-electron chi connectivity index (χ1n) is 7.41. The van der Waals surface area contributed by atoms with Crippen molar-refractivity contribution in [1.29, 1.82) is 0 Å². The molecule has 1 heterocycles. The van der Waals surface area contributed by atoms with E-state index in [0.29, 0.717) is 6.61 Å². The highest BCUT2D eigenvalue weighted by Crippen LogP contribution is 2.56. The topological polar surface area (TPSA) is 32.8 Å². The van der Waals surface area contributed by atoms with Crippen LogP contribution in [0.15, 0.2) is 0 Å². The van der Waals surface area contributed by atoms with Gasteiger partial charge in [0, 0.05) is 31.8 Å². The molecule has 0 spiro atoms. The smallest absolute Gasteiger partial charge is 0.274 e. The van der Waals surface area contributed by atoms with Gasteiger partial charge in [0.15, 0.2) is 0 Å². The lowest BCUT2D eigenvalue weighted by molar-refractivity contribution is 0.144. The first kappa shape index (κ1) is 17.2. The van der Waals surface area contributed by atoms with Crippen molar-refractivity contribution < 1.29 is 9.09 Å². The second kappa shape index (κ2) is 6.71. The summed E-state index contributed by atoms with van der Waals surface area (Å²) in [5, 5.41) is 0. The van der Waals surface area contributed by atoms with Crippen LogP contribution in [0.25, 0.3) is 0 Å². The third-order valence-electron chi connectivity index (χ3n) is 3.53. The zero-order chi connectivity index (χ0) is 14.7. The van der Waals surface area contributed by atoms with Crippen molar-refractivity contribution in [3.05, 3.63) is 0 Å². The van der Waals surface area contributed by atoms with Crippen molar-refractivity contribution in [2.45, 2.75) is 47.2 Å². The summed E-state index contributed by atoms with van der Waals surface area (Å²) in [7, 11) is -2.69. The number of hydrogen-bond acceptors (Lipinski definition) is 3. The average Bonchev–Trinajstić information content (AvgIpc) is 2.35. The molecular weight excluding hydrogens is 259 g/mol.